The van der Waals surface area contributed by atoms with Gasteiger partial charge in [0.2, 0.25) is 23.6 Å². The number of rotatable bonds is 13. The van der Waals surface area contributed by atoms with Crippen LogP contribution in [0.15, 0.2) is 0 Å². The average molecular weight is 474 g/mol. The van der Waals surface area contributed by atoms with Gasteiger partial charge in [0, 0.05) is 6.04 Å². The molecule has 0 aromatic carbocycles. The maximum absolute atomic E-state index is 12.8. The van der Waals surface area contributed by atoms with Gasteiger partial charge in [-0.1, -0.05) is 0 Å². The number of nitrogens with zero attached hydrogens (tertiary/aromatic N) is 1. The first kappa shape index (κ1) is 27.7. The fourth-order valence-electron chi connectivity index (χ4n) is 3.40. The molecule has 5 N–H and O–H groups in total. The molecular weight excluding hydrogens is 438 g/mol. The topological polar surface area (TPSA) is 157 Å². The number of hydrogen-bond acceptors (Lipinski definition) is 7. The minimum atomic E-state index is -1.20. The monoisotopic (exact) mass is 473 g/mol. The molecule has 4 amide bonds. The van der Waals surface area contributed by atoms with Crippen molar-refractivity contribution < 1.29 is 29.1 Å². The lowest BCUT2D eigenvalue weighted by Gasteiger charge is -2.29. The highest BCUT2D eigenvalue weighted by atomic mass is 32.2. The van der Waals surface area contributed by atoms with E-state index >= 15 is 0 Å². The Kier molecular flexibility index (Phi) is 12.1. The van der Waals surface area contributed by atoms with Crippen molar-refractivity contribution in [2.75, 3.05) is 31.6 Å². The number of carbonyl (C=O) groups is 5. The second-order valence-corrected chi connectivity index (χ2v) is 8.94. The first-order valence-corrected chi connectivity index (χ1v) is 12.1. The van der Waals surface area contributed by atoms with E-state index < -0.39 is 48.9 Å². The highest BCUT2D eigenvalue weighted by molar-refractivity contribution is 7.98. The maximum atomic E-state index is 12.8. The Balaban J connectivity index is 2.62. The molecule has 11 nitrogen and oxygen atoms in total. The molecule has 32 heavy (non-hydrogen) atoms. The van der Waals surface area contributed by atoms with Crippen LogP contribution in [0.2, 0.25) is 0 Å². The summed E-state index contributed by atoms with van der Waals surface area (Å²) in [5.74, 6) is -2.46. The van der Waals surface area contributed by atoms with Crippen molar-refractivity contribution in [1.29, 1.82) is 0 Å². The van der Waals surface area contributed by atoms with E-state index in [1.54, 1.807) is 11.8 Å². The van der Waals surface area contributed by atoms with Gasteiger partial charge in [0.1, 0.15) is 18.6 Å². The summed E-state index contributed by atoms with van der Waals surface area (Å²) < 4.78 is 0. The zero-order valence-corrected chi connectivity index (χ0v) is 19.9. The zero-order chi connectivity index (χ0) is 24.3. The molecule has 0 aromatic rings. The van der Waals surface area contributed by atoms with Gasteiger partial charge < -0.3 is 26.4 Å². The molecule has 12 heteroatoms. The van der Waals surface area contributed by atoms with E-state index in [1.165, 1.54) is 6.92 Å². The van der Waals surface area contributed by atoms with E-state index in [4.69, 9.17) is 5.11 Å². The summed E-state index contributed by atoms with van der Waals surface area (Å²) in [6, 6.07) is -1.77. The molecule has 1 heterocycles. The molecule has 0 unspecified atom stereocenters. The normalized spacial score (nSPS) is 18.0. The van der Waals surface area contributed by atoms with Crippen LogP contribution in [-0.2, 0) is 24.0 Å². The van der Waals surface area contributed by atoms with E-state index in [1.807, 2.05) is 20.1 Å². The molecule has 1 aliphatic heterocycles. The molecule has 3 atom stereocenters. The Morgan fingerprint density at radius 1 is 1.03 bits per heavy atom. The largest absolute Gasteiger partial charge is 0.480 e. The summed E-state index contributed by atoms with van der Waals surface area (Å²) in [6.45, 7) is 5.41. The Bertz CT molecular complexity index is 689. The van der Waals surface area contributed by atoms with E-state index in [0.29, 0.717) is 12.2 Å². The molecule has 0 saturated carbocycles. The molecular formula is C20H35N5O6S. The fourth-order valence-corrected chi connectivity index (χ4v) is 3.87. The van der Waals surface area contributed by atoms with E-state index in [-0.39, 0.29) is 18.0 Å². The van der Waals surface area contributed by atoms with Crippen molar-refractivity contribution in [2.24, 2.45) is 0 Å². The van der Waals surface area contributed by atoms with Gasteiger partial charge in [-0.2, -0.15) is 11.8 Å². The molecule has 0 aliphatic carbocycles. The fraction of sp³-hybridized carbons (Fsp3) is 0.750. The Morgan fingerprint density at radius 2 is 1.72 bits per heavy atom. The summed E-state index contributed by atoms with van der Waals surface area (Å²) in [4.78, 5) is 61.9. The quantitative estimate of drug-likeness (QED) is 0.226. The lowest BCUT2D eigenvalue weighted by atomic mass is 10.1. The van der Waals surface area contributed by atoms with Crippen LogP contribution in [0, 0.1) is 0 Å². The zero-order valence-electron chi connectivity index (χ0n) is 19.1. The highest BCUT2D eigenvalue weighted by Crippen LogP contribution is 2.20. The van der Waals surface area contributed by atoms with Crippen molar-refractivity contribution in [3.8, 4) is 0 Å². The lowest BCUT2D eigenvalue weighted by Crippen LogP contribution is -2.56. The number of aliphatic carboxylic acids is 1. The smallest absolute Gasteiger partial charge is 0.322 e. The Hall–Kier alpha value is -2.34. The van der Waals surface area contributed by atoms with E-state index in [2.05, 4.69) is 26.2 Å². The number of carboxylic acids is 1. The van der Waals surface area contributed by atoms with Gasteiger partial charge in [-0.05, 0) is 58.6 Å². The minimum Gasteiger partial charge on any atom is -0.480 e. The maximum Gasteiger partial charge on any atom is 0.322 e. The molecule has 0 aromatic heterocycles. The number of carboxylic acid groups (broad SMARTS) is 1. The van der Waals surface area contributed by atoms with Crippen LogP contribution < -0.4 is 21.3 Å². The molecule has 0 spiro atoms. The van der Waals surface area contributed by atoms with Crippen LogP contribution in [0.4, 0.5) is 0 Å². The third-order valence-corrected chi connectivity index (χ3v) is 5.76. The van der Waals surface area contributed by atoms with Gasteiger partial charge in [0.15, 0.2) is 0 Å². The summed E-state index contributed by atoms with van der Waals surface area (Å²) in [5, 5.41) is 18.4. The van der Waals surface area contributed by atoms with Crippen molar-refractivity contribution in [1.82, 2.24) is 26.2 Å². The molecule has 0 bridgehead atoms. The number of hydrogen-bond donors (Lipinski definition) is 5. The summed E-state index contributed by atoms with van der Waals surface area (Å²) >= 11 is 1.55. The summed E-state index contributed by atoms with van der Waals surface area (Å²) in [7, 11) is 0. The second kappa shape index (κ2) is 13.9. The summed E-state index contributed by atoms with van der Waals surface area (Å²) in [6.07, 6.45) is 3.98. The van der Waals surface area contributed by atoms with Crippen LogP contribution >= 0.6 is 11.8 Å². The predicted octanol–water partition coefficient (Wildman–Crippen LogP) is -1.08. The lowest BCUT2D eigenvalue weighted by molar-refractivity contribution is -0.138. The number of likely N-dealkylation sites (tertiary alicyclic amines) is 1. The van der Waals surface area contributed by atoms with Crippen molar-refractivity contribution in [3.63, 3.8) is 0 Å². The van der Waals surface area contributed by atoms with Gasteiger partial charge in [-0.3, -0.25) is 28.9 Å². The van der Waals surface area contributed by atoms with Crippen molar-refractivity contribution in [2.45, 2.75) is 64.2 Å². The third kappa shape index (κ3) is 9.43. The molecule has 0 radical (unpaired) electrons. The second-order valence-electron chi connectivity index (χ2n) is 7.95. The van der Waals surface area contributed by atoms with Crippen LogP contribution in [0.5, 0.6) is 0 Å². The van der Waals surface area contributed by atoms with Crippen molar-refractivity contribution in [3.05, 3.63) is 0 Å². The first-order chi connectivity index (χ1) is 15.1. The number of amides is 4. The van der Waals surface area contributed by atoms with Gasteiger partial charge in [-0.15, -0.1) is 0 Å². The molecule has 1 fully saturated rings. The summed E-state index contributed by atoms with van der Waals surface area (Å²) in [5.41, 5.74) is 0. The van der Waals surface area contributed by atoms with Gasteiger partial charge in [0.05, 0.1) is 12.6 Å². The highest BCUT2D eigenvalue weighted by Gasteiger charge is 2.34. The van der Waals surface area contributed by atoms with Crippen LogP contribution in [-0.4, -0.2) is 95.4 Å². The van der Waals surface area contributed by atoms with E-state index in [0.717, 1.165) is 19.4 Å². The van der Waals surface area contributed by atoms with Crippen LogP contribution in [0.3, 0.4) is 0 Å². The first-order valence-electron chi connectivity index (χ1n) is 10.7. The third-order valence-electron chi connectivity index (χ3n) is 5.12. The number of nitrogens with one attached hydrogen (secondary N) is 4. The van der Waals surface area contributed by atoms with Crippen LogP contribution in [0.1, 0.15) is 40.0 Å². The van der Waals surface area contributed by atoms with E-state index in [9.17, 15) is 24.0 Å². The predicted molar refractivity (Wildman–Crippen MR) is 121 cm³/mol. The molecule has 1 aliphatic rings. The van der Waals surface area contributed by atoms with Crippen molar-refractivity contribution >= 4 is 41.4 Å². The SMILES string of the molecule is CSCC[C@H](NC(=O)[C@@H]1CCCN1C(C)C)C(=O)N[C@@H](C)C(=O)NCC(=O)NCC(=O)O. The molecule has 182 valence electrons. The Labute approximate surface area is 192 Å². The van der Waals surface area contributed by atoms with Gasteiger partial charge in [-0.25, -0.2) is 0 Å². The van der Waals surface area contributed by atoms with Gasteiger partial charge >= 0.3 is 5.97 Å². The van der Waals surface area contributed by atoms with Crippen LogP contribution in [0.25, 0.3) is 0 Å². The number of thioether (sulfide) groups is 1. The average Bonchev–Trinajstić information content (AvgIpc) is 3.23. The minimum absolute atomic E-state index is 0.190. The standard InChI is InChI=1S/C20H35N5O6S/c1-12(2)25-8-5-6-15(25)20(31)24-14(7-9-32-4)19(30)23-13(3)18(29)22-10-16(26)21-11-17(27)28/h12-15H,5-11H2,1-4H3,(H,21,26)(H,22,29)(H,23,30)(H,24,31)(H,27,28)/t13-,14-,15-/m0/s1. The Morgan fingerprint density at radius 3 is 2.31 bits per heavy atom. The molecule has 1 rings (SSSR count). The molecule has 1 saturated heterocycles. The number of carbonyl (C=O) groups excluding carboxylic acids is 4. The van der Waals surface area contributed by atoms with Gasteiger partial charge in [0.25, 0.3) is 0 Å².